The van der Waals surface area contributed by atoms with Gasteiger partial charge in [0.1, 0.15) is 0 Å². The van der Waals surface area contributed by atoms with Crippen LogP contribution in [0.5, 0.6) is 0 Å². The summed E-state index contributed by atoms with van der Waals surface area (Å²) in [5.74, 6) is -3.48. The number of unbranched alkanes of at least 4 members (excludes halogenated alkanes) is 2. The molecule has 2 heterocycles. The Morgan fingerprint density at radius 3 is 1.09 bits per heavy atom. The minimum atomic E-state index is -0.622. The second-order valence-electron chi connectivity index (χ2n) is 11.0. The van der Waals surface area contributed by atoms with E-state index in [1.165, 1.54) is 72.8 Å². The third-order valence-corrected chi connectivity index (χ3v) is 8.08. The molecule has 6 rings (SSSR count). The van der Waals surface area contributed by atoms with Crippen LogP contribution in [0, 0.1) is 0 Å². The van der Waals surface area contributed by atoms with Crippen molar-refractivity contribution in [2.24, 2.45) is 0 Å². The first kappa shape index (κ1) is 30.4. The third-order valence-electron chi connectivity index (χ3n) is 8.08. The quantitative estimate of drug-likeness (QED) is 0.114. The lowest BCUT2D eigenvalue weighted by atomic mass is 9.85. The van der Waals surface area contributed by atoms with Crippen LogP contribution in [0.2, 0.25) is 0 Å². The van der Waals surface area contributed by atoms with Crippen molar-refractivity contribution in [1.29, 1.82) is 0 Å². The number of benzene rings is 4. The van der Waals surface area contributed by atoms with Crippen molar-refractivity contribution in [1.82, 2.24) is 0 Å². The van der Waals surface area contributed by atoms with Gasteiger partial charge >= 0.3 is 11.9 Å². The van der Waals surface area contributed by atoms with Crippen molar-refractivity contribution >= 4 is 57.7 Å². The van der Waals surface area contributed by atoms with Crippen molar-refractivity contribution in [2.75, 3.05) is 23.0 Å². The molecule has 46 heavy (non-hydrogen) atoms. The maximum atomic E-state index is 13.8. The zero-order chi connectivity index (χ0) is 32.5. The molecule has 2 aliphatic heterocycles. The molecule has 0 N–H and O–H groups in total. The van der Waals surface area contributed by atoms with Crippen molar-refractivity contribution < 1.29 is 38.2 Å². The lowest BCUT2D eigenvalue weighted by molar-refractivity contribution is 0.0490. The number of imide groups is 2. The van der Waals surface area contributed by atoms with Crippen LogP contribution in [0.25, 0.3) is 10.8 Å². The van der Waals surface area contributed by atoms with Gasteiger partial charge in [-0.25, -0.2) is 19.4 Å². The molecular weight excluding hydrogens is 588 g/mol. The summed E-state index contributed by atoms with van der Waals surface area (Å²) < 4.78 is 10.5. The number of ether oxygens (including phenoxy) is 2. The van der Waals surface area contributed by atoms with Crippen molar-refractivity contribution in [3.8, 4) is 0 Å². The topological polar surface area (TPSA) is 127 Å². The zero-order valence-electron chi connectivity index (χ0n) is 25.3. The van der Waals surface area contributed by atoms with E-state index in [9.17, 15) is 28.8 Å². The molecule has 0 saturated carbocycles. The van der Waals surface area contributed by atoms with E-state index < -0.39 is 35.6 Å². The molecule has 0 fully saturated rings. The molecule has 4 aromatic rings. The lowest BCUT2D eigenvalue weighted by Gasteiger charge is -2.32. The number of nitrogens with zero attached hydrogens (tertiary/aromatic N) is 2. The number of anilines is 2. The summed E-state index contributed by atoms with van der Waals surface area (Å²) in [5, 5.41) is 0.479. The second-order valence-corrected chi connectivity index (χ2v) is 11.0. The molecule has 0 unspecified atom stereocenters. The molecule has 0 aromatic heterocycles. The first-order valence-corrected chi connectivity index (χ1v) is 15.2. The highest BCUT2D eigenvalue weighted by Gasteiger charge is 2.40. The highest BCUT2D eigenvalue weighted by atomic mass is 16.5. The van der Waals surface area contributed by atoms with E-state index >= 15 is 0 Å². The van der Waals surface area contributed by atoms with Crippen LogP contribution in [0.3, 0.4) is 0 Å². The summed E-state index contributed by atoms with van der Waals surface area (Å²) in [7, 11) is 0. The van der Waals surface area contributed by atoms with Crippen LogP contribution in [-0.2, 0) is 9.47 Å². The van der Waals surface area contributed by atoms with Gasteiger partial charge in [-0.05, 0) is 85.6 Å². The van der Waals surface area contributed by atoms with Gasteiger partial charge in [-0.2, -0.15) is 0 Å². The Bertz CT molecular complexity index is 1720. The van der Waals surface area contributed by atoms with Crippen LogP contribution in [0.4, 0.5) is 11.4 Å². The van der Waals surface area contributed by atoms with Crippen LogP contribution in [0.1, 0.15) is 102 Å². The molecule has 4 aromatic carbocycles. The fourth-order valence-electron chi connectivity index (χ4n) is 5.62. The Balaban J connectivity index is 1.30. The fraction of sp³-hybridized carbons (Fsp3) is 0.222. The van der Waals surface area contributed by atoms with Crippen molar-refractivity contribution in [2.45, 2.75) is 39.5 Å². The van der Waals surface area contributed by atoms with Gasteiger partial charge in [0.2, 0.25) is 0 Å². The average Bonchev–Trinajstić information content (AvgIpc) is 3.07. The molecule has 10 nitrogen and oxygen atoms in total. The lowest BCUT2D eigenvalue weighted by Crippen LogP contribution is -2.43. The first-order chi connectivity index (χ1) is 22.3. The van der Waals surface area contributed by atoms with E-state index in [2.05, 4.69) is 0 Å². The molecule has 0 saturated heterocycles. The molecule has 0 atom stereocenters. The van der Waals surface area contributed by atoms with Gasteiger partial charge in [0.15, 0.2) is 0 Å². The number of rotatable bonds is 10. The maximum absolute atomic E-state index is 13.8. The molecule has 4 amide bonds. The van der Waals surface area contributed by atoms with Gasteiger partial charge in [0.25, 0.3) is 23.6 Å². The number of amides is 4. The smallest absolute Gasteiger partial charge is 0.338 e. The molecule has 0 bridgehead atoms. The molecule has 232 valence electrons. The predicted octanol–water partition coefficient (Wildman–Crippen LogP) is 6.35. The van der Waals surface area contributed by atoms with E-state index in [0.717, 1.165) is 35.5 Å². The van der Waals surface area contributed by atoms with E-state index in [-0.39, 0.29) is 44.4 Å². The van der Waals surface area contributed by atoms with Crippen LogP contribution >= 0.6 is 0 Å². The average molecular weight is 619 g/mol. The molecule has 10 heteroatoms. The summed E-state index contributed by atoms with van der Waals surface area (Å²) in [4.78, 5) is 81.7. The number of carbonyl (C=O) groups is 6. The highest BCUT2D eigenvalue weighted by molar-refractivity contribution is 6.42. The Labute approximate surface area is 264 Å². The van der Waals surface area contributed by atoms with Gasteiger partial charge < -0.3 is 9.47 Å². The third kappa shape index (κ3) is 5.11. The molecular formula is C36H30N2O8. The highest BCUT2D eigenvalue weighted by Crippen LogP contribution is 2.40. The maximum Gasteiger partial charge on any atom is 0.338 e. The first-order valence-electron chi connectivity index (χ1n) is 15.2. The molecule has 0 aliphatic carbocycles. The summed E-state index contributed by atoms with van der Waals surface area (Å²) in [6, 6.07) is 17.9. The van der Waals surface area contributed by atoms with Gasteiger partial charge in [0, 0.05) is 33.0 Å². The molecule has 0 spiro atoms. The molecule has 2 aliphatic rings. The van der Waals surface area contributed by atoms with E-state index in [0.29, 0.717) is 24.3 Å². The monoisotopic (exact) mass is 618 g/mol. The van der Waals surface area contributed by atoms with Crippen LogP contribution < -0.4 is 9.80 Å². The normalized spacial score (nSPS) is 13.8. The minimum absolute atomic E-state index is 0.165. The SMILES string of the molecule is CCCCOC(=O)c1ccc(N2C(=O)c3ccc4c5c(ccc(c35)C2=O)C(=O)N(c2ccc(C(=O)OCCCC)cc2)C4=O)cc1. The Hall–Kier alpha value is -5.64. The van der Waals surface area contributed by atoms with Gasteiger partial charge in [-0.15, -0.1) is 0 Å². The van der Waals surface area contributed by atoms with Crippen LogP contribution in [-0.4, -0.2) is 48.8 Å². The van der Waals surface area contributed by atoms with Crippen LogP contribution in [0.15, 0.2) is 72.8 Å². The Morgan fingerprint density at radius 1 is 0.500 bits per heavy atom. The summed E-state index contributed by atoms with van der Waals surface area (Å²) >= 11 is 0. The number of hydrogen-bond acceptors (Lipinski definition) is 8. The molecule has 0 radical (unpaired) electrons. The summed E-state index contributed by atoms with van der Waals surface area (Å²) in [5.41, 5.74) is 1.76. The van der Waals surface area contributed by atoms with E-state index in [1.807, 2.05) is 13.8 Å². The van der Waals surface area contributed by atoms with Crippen molar-refractivity contribution in [3.63, 3.8) is 0 Å². The van der Waals surface area contributed by atoms with Gasteiger partial charge in [0.05, 0.1) is 35.7 Å². The van der Waals surface area contributed by atoms with Crippen molar-refractivity contribution in [3.05, 3.63) is 106 Å². The Kier molecular flexibility index (Phi) is 8.19. The van der Waals surface area contributed by atoms with E-state index in [4.69, 9.17) is 9.47 Å². The van der Waals surface area contributed by atoms with Gasteiger partial charge in [-0.1, -0.05) is 26.7 Å². The zero-order valence-corrected chi connectivity index (χ0v) is 25.3. The number of carbonyl (C=O) groups excluding carboxylic acids is 6. The Morgan fingerprint density at radius 2 is 0.804 bits per heavy atom. The largest absolute Gasteiger partial charge is 0.462 e. The fourth-order valence-corrected chi connectivity index (χ4v) is 5.62. The predicted molar refractivity (Wildman–Crippen MR) is 169 cm³/mol. The van der Waals surface area contributed by atoms with Gasteiger partial charge in [-0.3, -0.25) is 19.2 Å². The summed E-state index contributed by atoms with van der Waals surface area (Å²) in [6.07, 6.45) is 3.26. The second kappa shape index (κ2) is 12.4. The minimum Gasteiger partial charge on any atom is -0.462 e. The number of hydrogen-bond donors (Lipinski definition) is 0. The summed E-state index contributed by atoms with van der Waals surface area (Å²) in [6.45, 7) is 4.58. The van der Waals surface area contributed by atoms with E-state index in [1.54, 1.807) is 0 Å². The standard InChI is InChI=1S/C36H30N2O8/c1-3-5-19-45-35(43)21-7-11-23(12-8-21)37-31(39)25-15-17-27-30-28(18-16-26(29(25)30)32(37)40)34(42)38(33(27)41)24-13-9-22(10-14-24)36(44)46-20-6-4-2/h7-18H,3-6,19-20H2,1-2H3. The number of esters is 2.